The molecule has 0 aromatic heterocycles. The minimum absolute atomic E-state index is 0.343. The Morgan fingerprint density at radius 1 is 1.33 bits per heavy atom. The van der Waals surface area contributed by atoms with Crippen molar-refractivity contribution in [1.82, 2.24) is 0 Å². The average Bonchev–Trinajstić information content (AvgIpc) is 2.71. The first-order valence-electron chi connectivity index (χ1n) is 5.46. The maximum absolute atomic E-state index is 9.23. The van der Waals surface area contributed by atoms with E-state index in [0.717, 1.165) is 18.6 Å². The average molecular weight is 207 g/mol. The molecule has 15 heavy (non-hydrogen) atoms. The number of rotatable bonds is 3. The van der Waals surface area contributed by atoms with E-state index >= 15 is 0 Å². The minimum Gasteiger partial charge on any atom is -0.490 e. The van der Waals surface area contributed by atoms with Crippen LogP contribution >= 0.6 is 0 Å². The Labute approximate surface area is 89.9 Å². The molecule has 1 atom stereocenters. The second kappa shape index (κ2) is 4.64. The van der Waals surface area contributed by atoms with Gasteiger partial charge in [0.1, 0.15) is 12.0 Å². The zero-order chi connectivity index (χ0) is 10.7. The highest BCUT2D eigenvalue weighted by Gasteiger charge is 2.16. The first-order valence-corrected chi connectivity index (χ1v) is 5.46. The number of hydrogen-bond donors (Lipinski definition) is 2. The number of benzene rings is 1. The molecule has 1 saturated carbocycles. The highest BCUT2D eigenvalue weighted by molar-refractivity contribution is 5.29. The van der Waals surface area contributed by atoms with Crippen LogP contribution in [0.2, 0.25) is 0 Å². The van der Waals surface area contributed by atoms with Crippen molar-refractivity contribution in [2.24, 2.45) is 5.73 Å². The van der Waals surface area contributed by atoms with E-state index in [1.54, 1.807) is 6.07 Å². The predicted molar refractivity (Wildman–Crippen MR) is 58.5 cm³/mol. The molecule has 3 heteroatoms. The Morgan fingerprint density at radius 2 is 2.07 bits per heavy atom. The standard InChI is InChI=1S/C12H17NO2/c13-12(14)9-4-3-7-11(8-9)15-10-5-1-2-6-10/h3-4,7-8,10,12,14H,1-2,5-6,13H2/t12-/m1/s1. The van der Waals surface area contributed by atoms with Gasteiger partial charge in [0.25, 0.3) is 0 Å². The summed E-state index contributed by atoms with van der Waals surface area (Å²) in [7, 11) is 0. The molecule has 1 aromatic rings. The predicted octanol–water partition coefficient (Wildman–Crippen LogP) is 1.96. The second-order valence-electron chi connectivity index (χ2n) is 4.04. The molecule has 82 valence electrons. The summed E-state index contributed by atoms with van der Waals surface area (Å²) in [6.45, 7) is 0. The molecular weight excluding hydrogens is 190 g/mol. The highest BCUT2D eigenvalue weighted by Crippen LogP contribution is 2.25. The van der Waals surface area contributed by atoms with Crippen LogP contribution in [0.4, 0.5) is 0 Å². The quantitative estimate of drug-likeness (QED) is 0.745. The lowest BCUT2D eigenvalue weighted by Crippen LogP contribution is -2.12. The fourth-order valence-corrected chi connectivity index (χ4v) is 1.97. The van der Waals surface area contributed by atoms with E-state index < -0.39 is 6.23 Å². The smallest absolute Gasteiger partial charge is 0.128 e. The minimum atomic E-state index is -0.919. The normalized spacial score (nSPS) is 19.1. The third-order valence-corrected chi connectivity index (χ3v) is 2.80. The molecule has 3 nitrogen and oxygen atoms in total. The van der Waals surface area contributed by atoms with Crippen LogP contribution in [0, 0.1) is 0 Å². The van der Waals surface area contributed by atoms with Gasteiger partial charge in [-0.05, 0) is 43.4 Å². The lowest BCUT2D eigenvalue weighted by Gasteiger charge is -2.14. The number of hydrogen-bond acceptors (Lipinski definition) is 3. The van der Waals surface area contributed by atoms with Gasteiger partial charge in [0, 0.05) is 0 Å². The van der Waals surface area contributed by atoms with Gasteiger partial charge in [-0.2, -0.15) is 0 Å². The Balaban J connectivity index is 2.04. The van der Waals surface area contributed by atoms with Gasteiger partial charge in [-0.25, -0.2) is 0 Å². The molecule has 0 heterocycles. The number of aliphatic hydroxyl groups excluding tert-OH is 1. The molecule has 1 fully saturated rings. The molecule has 0 spiro atoms. The van der Waals surface area contributed by atoms with Crippen LogP contribution in [0.15, 0.2) is 24.3 Å². The Kier molecular flexibility index (Phi) is 3.23. The van der Waals surface area contributed by atoms with Crippen LogP contribution in [-0.2, 0) is 0 Å². The molecule has 0 amide bonds. The number of nitrogens with two attached hydrogens (primary N) is 1. The summed E-state index contributed by atoms with van der Waals surface area (Å²) in [5, 5.41) is 9.23. The first kappa shape index (κ1) is 10.5. The van der Waals surface area contributed by atoms with E-state index in [0.29, 0.717) is 11.7 Å². The monoisotopic (exact) mass is 207 g/mol. The van der Waals surface area contributed by atoms with Crippen LogP contribution < -0.4 is 10.5 Å². The molecule has 0 radical (unpaired) electrons. The lowest BCUT2D eigenvalue weighted by atomic mass is 10.2. The van der Waals surface area contributed by atoms with Gasteiger partial charge in [0.15, 0.2) is 0 Å². The summed E-state index contributed by atoms with van der Waals surface area (Å²) < 4.78 is 5.80. The van der Waals surface area contributed by atoms with Crippen molar-refractivity contribution < 1.29 is 9.84 Å². The maximum atomic E-state index is 9.23. The largest absolute Gasteiger partial charge is 0.490 e. The molecule has 1 aromatic carbocycles. The van der Waals surface area contributed by atoms with Crippen LogP contribution in [-0.4, -0.2) is 11.2 Å². The van der Waals surface area contributed by atoms with E-state index in [4.69, 9.17) is 10.5 Å². The van der Waals surface area contributed by atoms with Gasteiger partial charge >= 0.3 is 0 Å². The van der Waals surface area contributed by atoms with E-state index in [9.17, 15) is 5.11 Å². The zero-order valence-electron chi connectivity index (χ0n) is 8.73. The third kappa shape index (κ3) is 2.70. The molecule has 1 aliphatic carbocycles. The topological polar surface area (TPSA) is 55.5 Å². The molecule has 0 saturated heterocycles. The van der Waals surface area contributed by atoms with Gasteiger partial charge in [-0.3, -0.25) is 0 Å². The van der Waals surface area contributed by atoms with Crippen molar-refractivity contribution in [2.75, 3.05) is 0 Å². The van der Waals surface area contributed by atoms with E-state index in [2.05, 4.69) is 0 Å². The van der Waals surface area contributed by atoms with E-state index in [-0.39, 0.29) is 0 Å². The van der Waals surface area contributed by atoms with Crippen molar-refractivity contribution in [3.63, 3.8) is 0 Å². The van der Waals surface area contributed by atoms with E-state index in [1.165, 1.54) is 12.8 Å². The van der Waals surface area contributed by atoms with Crippen molar-refractivity contribution in [3.05, 3.63) is 29.8 Å². The van der Waals surface area contributed by atoms with Gasteiger partial charge in [0.05, 0.1) is 6.10 Å². The number of aliphatic hydroxyl groups is 1. The Hall–Kier alpha value is -1.06. The zero-order valence-corrected chi connectivity index (χ0v) is 8.73. The van der Waals surface area contributed by atoms with Gasteiger partial charge in [-0.15, -0.1) is 0 Å². The molecule has 1 aliphatic rings. The summed E-state index contributed by atoms with van der Waals surface area (Å²) in [6.07, 6.45) is 4.20. The van der Waals surface area contributed by atoms with Gasteiger partial charge < -0.3 is 15.6 Å². The molecule has 2 rings (SSSR count). The summed E-state index contributed by atoms with van der Waals surface area (Å²) in [5.41, 5.74) is 6.09. The van der Waals surface area contributed by atoms with Crippen molar-refractivity contribution in [1.29, 1.82) is 0 Å². The summed E-state index contributed by atoms with van der Waals surface area (Å²) in [6, 6.07) is 7.37. The number of ether oxygens (including phenoxy) is 1. The van der Waals surface area contributed by atoms with Crippen molar-refractivity contribution in [2.45, 2.75) is 38.0 Å². The summed E-state index contributed by atoms with van der Waals surface area (Å²) in [4.78, 5) is 0. The molecule has 3 N–H and O–H groups in total. The summed E-state index contributed by atoms with van der Waals surface area (Å²) in [5.74, 6) is 0.809. The van der Waals surface area contributed by atoms with Crippen LogP contribution in [0.25, 0.3) is 0 Å². The maximum Gasteiger partial charge on any atom is 0.128 e. The second-order valence-corrected chi connectivity index (χ2v) is 4.04. The van der Waals surface area contributed by atoms with E-state index in [1.807, 2.05) is 18.2 Å². The van der Waals surface area contributed by atoms with Gasteiger partial charge in [0.2, 0.25) is 0 Å². The van der Waals surface area contributed by atoms with Crippen molar-refractivity contribution in [3.8, 4) is 5.75 Å². The Bertz CT molecular complexity index is 319. The SMILES string of the molecule is N[C@H](O)c1cccc(OC2CCCC2)c1. The van der Waals surface area contributed by atoms with Crippen LogP contribution in [0.1, 0.15) is 37.5 Å². The summed E-state index contributed by atoms with van der Waals surface area (Å²) >= 11 is 0. The molecular formula is C12H17NO2. The first-order chi connectivity index (χ1) is 7.25. The lowest BCUT2D eigenvalue weighted by molar-refractivity contribution is 0.183. The van der Waals surface area contributed by atoms with Crippen LogP contribution in [0.3, 0.4) is 0 Å². The highest BCUT2D eigenvalue weighted by atomic mass is 16.5. The molecule has 0 bridgehead atoms. The third-order valence-electron chi connectivity index (χ3n) is 2.80. The van der Waals surface area contributed by atoms with Gasteiger partial charge in [-0.1, -0.05) is 12.1 Å². The van der Waals surface area contributed by atoms with Crippen LogP contribution in [0.5, 0.6) is 5.75 Å². The fourth-order valence-electron chi connectivity index (χ4n) is 1.97. The fraction of sp³-hybridized carbons (Fsp3) is 0.500. The Morgan fingerprint density at radius 3 is 2.73 bits per heavy atom. The molecule has 0 unspecified atom stereocenters. The van der Waals surface area contributed by atoms with Crippen molar-refractivity contribution >= 4 is 0 Å². The molecule has 0 aliphatic heterocycles.